The zero-order valence-corrected chi connectivity index (χ0v) is 12.1. The summed E-state index contributed by atoms with van der Waals surface area (Å²) in [7, 11) is 0. The maximum Gasteiger partial charge on any atom is 0.310 e. The summed E-state index contributed by atoms with van der Waals surface area (Å²) in [5, 5.41) is 0.683. The average Bonchev–Trinajstić information content (AvgIpc) is 2.84. The third kappa shape index (κ3) is 4.84. The van der Waals surface area contributed by atoms with E-state index in [0.29, 0.717) is 11.4 Å². The van der Waals surface area contributed by atoms with Gasteiger partial charge in [0.1, 0.15) is 12.6 Å². The smallest absolute Gasteiger partial charge is 0.310 e. The fourth-order valence-corrected chi connectivity index (χ4v) is 2.69. The van der Waals surface area contributed by atoms with Crippen LogP contribution >= 0.6 is 11.6 Å². The molecule has 104 valence electrons. The molecule has 0 saturated carbocycles. The lowest BCUT2D eigenvalue weighted by Crippen LogP contribution is -3.11. The minimum absolute atomic E-state index is 0.00657. The van der Waals surface area contributed by atoms with Crippen molar-refractivity contribution in [3.05, 3.63) is 34.9 Å². The summed E-state index contributed by atoms with van der Waals surface area (Å²) >= 11 is 5.81. The van der Waals surface area contributed by atoms with E-state index in [2.05, 4.69) is 0 Å². The summed E-state index contributed by atoms with van der Waals surface area (Å²) in [6.07, 6.45) is 2.89. The number of rotatable bonds is 5. The van der Waals surface area contributed by atoms with E-state index in [4.69, 9.17) is 16.3 Å². The molecule has 3 nitrogen and oxygen atoms in total. The number of carbonyl (C=O) groups is 1. The molecular weight excluding hydrogens is 262 g/mol. The van der Waals surface area contributed by atoms with Crippen LogP contribution in [-0.4, -0.2) is 31.7 Å². The van der Waals surface area contributed by atoms with E-state index in [9.17, 15) is 4.79 Å². The van der Waals surface area contributed by atoms with Gasteiger partial charge in [-0.1, -0.05) is 23.7 Å². The highest BCUT2D eigenvalue weighted by molar-refractivity contribution is 6.30. The van der Waals surface area contributed by atoms with Crippen LogP contribution in [0.2, 0.25) is 5.02 Å². The van der Waals surface area contributed by atoms with Crippen LogP contribution in [0, 0.1) is 0 Å². The molecular formula is C15H21ClNO2+. The number of quaternary nitrogens is 1. The molecule has 1 aliphatic heterocycles. The zero-order valence-electron chi connectivity index (χ0n) is 11.3. The van der Waals surface area contributed by atoms with Crippen LogP contribution in [0.3, 0.4) is 0 Å². The Hall–Kier alpha value is -1.06. The molecule has 0 aromatic heterocycles. The molecule has 1 aliphatic rings. The summed E-state index contributed by atoms with van der Waals surface area (Å²) in [6.45, 7) is 5.32. The second-order valence-corrected chi connectivity index (χ2v) is 5.70. The SMILES string of the molecule is C[C@H](C[NH+]1CCCC1)OC(=O)Cc1ccc(Cl)cc1. The van der Waals surface area contributed by atoms with Gasteiger partial charge in [0.2, 0.25) is 0 Å². The maximum atomic E-state index is 11.8. The van der Waals surface area contributed by atoms with Crippen LogP contribution in [0.5, 0.6) is 0 Å². The summed E-state index contributed by atoms with van der Waals surface area (Å²) < 4.78 is 5.45. The first kappa shape index (κ1) is 14.4. The number of hydrogen-bond acceptors (Lipinski definition) is 2. The summed E-state index contributed by atoms with van der Waals surface area (Å²) in [5.41, 5.74) is 0.940. The number of carbonyl (C=O) groups excluding carboxylic acids is 1. The summed E-state index contributed by atoms with van der Waals surface area (Å²) in [4.78, 5) is 13.4. The van der Waals surface area contributed by atoms with E-state index in [0.717, 1.165) is 12.1 Å². The van der Waals surface area contributed by atoms with Crippen molar-refractivity contribution in [3.8, 4) is 0 Å². The van der Waals surface area contributed by atoms with Crippen molar-refractivity contribution in [2.75, 3.05) is 19.6 Å². The molecule has 2 rings (SSSR count). The van der Waals surface area contributed by atoms with Crippen molar-refractivity contribution in [2.45, 2.75) is 32.3 Å². The largest absolute Gasteiger partial charge is 0.456 e. The number of halogens is 1. The predicted octanol–water partition coefficient (Wildman–Crippen LogP) is 1.49. The maximum absolute atomic E-state index is 11.8. The number of hydrogen-bond donors (Lipinski definition) is 1. The van der Waals surface area contributed by atoms with Crippen molar-refractivity contribution < 1.29 is 14.4 Å². The molecule has 19 heavy (non-hydrogen) atoms. The number of ether oxygens (including phenoxy) is 1. The normalized spacial score (nSPS) is 17.4. The van der Waals surface area contributed by atoms with Crippen LogP contribution in [-0.2, 0) is 16.0 Å². The van der Waals surface area contributed by atoms with E-state index in [1.54, 1.807) is 17.0 Å². The third-order valence-corrected chi connectivity index (χ3v) is 3.73. The second-order valence-electron chi connectivity index (χ2n) is 5.26. The fraction of sp³-hybridized carbons (Fsp3) is 0.533. The Labute approximate surface area is 119 Å². The number of benzene rings is 1. The van der Waals surface area contributed by atoms with Crippen molar-refractivity contribution >= 4 is 17.6 Å². The van der Waals surface area contributed by atoms with Crippen LogP contribution in [0.4, 0.5) is 0 Å². The molecule has 1 fully saturated rings. The zero-order chi connectivity index (χ0) is 13.7. The third-order valence-electron chi connectivity index (χ3n) is 3.48. The molecule has 1 N–H and O–H groups in total. The number of likely N-dealkylation sites (tertiary alicyclic amines) is 1. The highest BCUT2D eigenvalue weighted by Gasteiger charge is 2.20. The summed E-state index contributed by atoms with van der Waals surface area (Å²) in [5.74, 6) is -0.159. The molecule has 1 aromatic rings. The molecule has 4 heteroatoms. The lowest BCUT2D eigenvalue weighted by molar-refractivity contribution is -0.890. The standard InChI is InChI=1S/C15H20ClNO2/c1-12(11-17-8-2-3-9-17)19-15(18)10-13-4-6-14(16)7-5-13/h4-7,12H,2-3,8-11H2,1H3/p+1/t12-/m1/s1. The number of nitrogens with one attached hydrogen (secondary N) is 1. The van der Waals surface area contributed by atoms with E-state index in [1.165, 1.54) is 25.9 Å². The monoisotopic (exact) mass is 282 g/mol. The van der Waals surface area contributed by atoms with E-state index >= 15 is 0 Å². The Bertz CT molecular complexity index is 413. The van der Waals surface area contributed by atoms with Gasteiger partial charge in [0.15, 0.2) is 0 Å². The van der Waals surface area contributed by atoms with E-state index in [1.807, 2.05) is 19.1 Å². The molecule has 0 aliphatic carbocycles. The topological polar surface area (TPSA) is 30.7 Å². The molecule has 1 saturated heterocycles. The van der Waals surface area contributed by atoms with Crippen molar-refractivity contribution in [2.24, 2.45) is 0 Å². The highest BCUT2D eigenvalue weighted by atomic mass is 35.5. The van der Waals surface area contributed by atoms with Gasteiger partial charge in [0.05, 0.1) is 19.5 Å². The van der Waals surface area contributed by atoms with Crippen LogP contribution in [0.25, 0.3) is 0 Å². The van der Waals surface area contributed by atoms with Crippen LogP contribution in [0.1, 0.15) is 25.3 Å². The minimum Gasteiger partial charge on any atom is -0.456 e. The Morgan fingerprint density at radius 2 is 1.95 bits per heavy atom. The van der Waals surface area contributed by atoms with Gasteiger partial charge in [-0.2, -0.15) is 0 Å². The molecule has 0 bridgehead atoms. The van der Waals surface area contributed by atoms with E-state index < -0.39 is 0 Å². The van der Waals surface area contributed by atoms with Gasteiger partial charge in [0.25, 0.3) is 0 Å². The van der Waals surface area contributed by atoms with Gasteiger partial charge in [-0.3, -0.25) is 4.79 Å². The first-order valence-corrected chi connectivity index (χ1v) is 7.29. The Kier molecular flexibility index (Phi) is 5.23. The highest BCUT2D eigenvalue weighted by Crippen LogP contribution is 2.10. The quantitative estimate of drug-likeness (QED) is 0.830. The lowest BCUT2D eigenvalue weighted by atomic mass is 10.1. The lowest BCUT2D eigenvalue weighted by Gasteiger charge is -2.18. The molecule has 1 aromatic carbocycles. The Morgan fingerprint density at radius 1 is 1.32 bits per heavy atom. The average molecular weight is 283 g/mol. The van der Waals surface area contributed by atoms with Crippen molar-refractivity contribution in [1.29, 1.82) is 0 Å². The Balaban J connectivity index is 1.75. The first-order valence-electron chi connectivity index (χ1n) is 6.91. The molecule has 0 unspecified atom stereocenters. The molecule has 0 amide bonds. The predicted molar refractivity (Wildman–Crippen MR) is 75.5 cm³/mol. The van der Waals surface area contributed by atoms with Gasteiger partial charge in [0, 0.05) is 17.9 Å². The van der Waals surface area contributed by atoms with Gasteiger partial charge in [-0.25, -0.2) is 0 Å². The molecule has 1 atom stereocenters. The molecule has 0 radical (unpaired) electrons. The molecule has 0 spiro atoms. The second kappa shape index (κ2) is 6.92. The van der Waals surface area contributed by atoms with Crippen molar-refractivity contribution in [1.82, 2.24) is 0 Å². The van der Waals surface area contributed by atoms with Gasteiger partial charge in [-0.05, 0) is 24.6 Å². The number of esters is 1. The summed E-state index contributed by atoms with van der Waals surface area (Å²) in [6, 6.07) is 7.31. The van der Waals surface area contributed by atoms with Gasteiger partial charge in [-0.15, -0.1) is 0 Å². The molecule has 1 heterocycles. The van der Waals surface area contributed by atoms with Crippen molar-refractivity contribution in [3.63, 3.8) is 0 Å². The van der Waals surface area contributed by atoms with Crippen LogP contribution in [0.15, 0.2) is 24.3 Å². The van der Waals surface area contributed by atoms with Gasteiger partial charge >= 0.3 is 5.97 Å². The Morgan fingerprint density at radius 3 is 2.58 bits per heavy atom. The van der Waals surface area contributed by atoms with E-state index in [-0.39, 0.29) is 12.1 Å². The minimum atomic E-state index is -0.159. The fourth-order valence-electron chi connectivity index (χ4n) is 2.56. The van der Waals surface area contributed by atoms with Crippen LogP contribution < -0.4 is 4.90 Å². The van der Waals surface area contributed by atoms with Gasteiger partial charge < -0.3 is 9.64 Å². The first-order chi connectivity index (χ1) is 9.13.